The number of fused-ring (bicyclic) bond motifs is 2. The van der Waals surface area contributed by atoms with Gasteiger partial charge < -0.3 is 9.47 Å². The van der Waals surface area contributed by atoms with Gasteiger partial charge in [0.25, 0.3) is 0 Å². The molecule has 0 radical (unpaired) electrons. The highest BCUT2D eigenvalue weighted by Gasteiger charge is 2.09. The van der Waals surface area contributed by atoms with Gasteiger partial charge in [-0.25, -0.2) is 0 Å². The molecule has 0 fully saturated rings. The molecule has 30 heavy (non-hydrogen) atoms. The number of hydrogen-bond acceptors (Lipinski definition) is 6. The van der Waals surface area contributed by atoms with Gasteiger partial charge >= 0.3 is 0 Å². The van der Waals surface area contributed by atoms with Gasteiger partial charge in [0, 0.05) is 45.1 Å². The normalized spacial score (nSPS) is 11.1. The summed E-state index contributed by atoms with van der Waals surface area (Å²) in [7, 11) is 3.47. The first-order valence-corrected chi connectivity index (χ1v) is 12.3. The zero-order valence-corrected chi connectivity index (χ0v) is 18.8. The lowest BCUT2D eigenvalue weighted by atomic mass is 10.2. The van der Waals surface area contributed by atoms with Crippen LogP contribution in [-0.4, -0.2) is 23.2 Å². The minimum Gasteiger partial charge on any atom is -0.494 e. The van der Waals surface area contributed by atoms with E-state index in [-0.39, 0.29) is 0 Å². The van der Waals surface area contributed by atoms with Crippen LogP contribution in [0.1, 0.15) is 26.7 Å². The van der Waals surface area contributed by atoms with Gasteiger partial charge in [-0.05, 0) is 49.2 Å². The predicted octanol–water partition coefficient (Wildman–Crippen LogP) is 7.16. The summed E-state index contributed by atoms with van der Waals surface area (Å²) in [6, 6.07) is 16.4. The minimum absolute atomic E-state index is 0.718. The highest BCUT2D eigenvalue weighted by Crippen LogP contribution is 2.43. The molecular formula is C24H24N2O2S2. The Morgan fingerprint density at radius 3 is 1.57 bits per heavy atom. The van der Waals surface area contributed by atoms with Crippen LogP contribution < -0.4 is 9.47 Å². The lowest BCUT2D eigenvalue weighted by molar-refractivity contribution is 0.317. The summed E-state index contributed by atoms with van der Waals surface area (Å²) >= 11 is 0. The van der Waals surface area contributed by atoms with Gasteiger partial charge in [0.1, 0.15) is 11.5 Å². The Balaban J connectivity index is 1.55. The fourth-order valence-corrected chi connectivity index (χ4v) is 5.41. The first-order chi connectivity index (χ1) is 14.8. The maximum atomic E-state index is 5.75. The number of aromatic nitrogens is 2. The van der Waals surface area contributed by atoms with Gasteiger partial charge in [0.05, 0.1) is 24.2 Å². The Kier molecular flexibility index (Phi) is 6.97. The van der Waals surface area contributed by atoms with Crippen molar-refractivity contribution in [2.45, 2.75) is 36.5 Å². The fourth-order valence-electron chi connectivity index (χ4n) is 3.06. The number of nitrogens with zero attached hydrogens (tertiary/aromatic N) is 2. The second-order valence-corrected chi connectivity index (χ2v) is 9.05. The Morgan fingerprint density at radius 1 is 0.667 bits per heavy atom. The van der Waals surface area contributed by atoms with Gasteiger partial charge in [-0.1, -0.05) is 35.4 Å². The first-order valence-electron chi connectivity index (χ1n) is 10.2. The van der Waals surface area contributed by atoms with Crippen molar-refractivity contribution in [3.05, 3.63) is 60.9 Å². The number of pyridine rings is 2. The average Bonchev–Trinajstić information content (AvgIpc) is 2.79. The Labute approximate surface area is 184 Å². The maximum absolute atomic E-state index is 5.75. The summed E-state index contributed by atoms with van der Waals surface area (Å²) < 4.78 is 11.5. The maximum Gasteiger partial charge on any atom is 0.121 e. The number of hydrogen-bond donors (Lipinski definition) is 0. The van der Waals surface area contributed by atoms with Gasteiger partial charge in [-0.2, -0.15) is 0 Å². The number of ether oxygens (including phenoxy) is 2. The molecule has 154 valence electrons. The standard InChI is InChI=1S/C24H24N2O2S2/c1-3-13-27-17-5-7-19-21(15-17)25-11-9-23(19)29-30-24-10-12-26-22-16-18(28-14-4-2)6-8-20(22)24/h5-12,15-16H,3-4,13-14H2,1-2H3. The van der Waals surface area contributed by atoms with Crippen molar-refractivity contribution in [3.8, 4) is 11.5 Å². The molecule has 2 heterocycles. The summed E-state index contributed by atoms with van der Waals surface area (Å²) in [5.74, 6) is 1.74. The monoisotopic (exact) mass is 436 g/mol. The van der Waals surface area contributed by atoms with Crippen LogP contribution in [0, 0.1) is 0 Å². The Bertz CT molecular complexity index is 1060. The molecule has 2 aromatic heterocycles. The molecule has 0 N–H and O–H groups in total. The number of benzene rings is 2. The molecule has 4 nitrogen and oxygen atoms in total. The van der Waals surface area contributed by atoms with Crippen molar-refractivity contribution in [2.24, 2.45) is 0 Å². The predicted molar refractivity (Wildman–Crippen MR) is 127 cm³/mol. The highest BCUT2D eigenvalue weighted by atomic mass is 33.1. The molecule has 0 saturated carbocycles. The highest BCUT2D eigenvalue weighted by molar-refractivity contribution is 8.76. The van der Waals surface area contributed by atoms with E-state index in [2.05, 4.69) is 48.1 Å². The van der Waals surface area contributed by atoms with Crippen molar-refractivity contribution in [1.82, 2.24) is 9.97 Å². The van der Waals surface area contributed by atoms with Crippen molar-refractivity contribution in [2.75, 3.05) is 13.2 Å². The minimum atomic E-state index is 0.718. The van der Waals surface area contributed by atoms with Gasteiger partial charge in [0.15, 0.2) is 0 Å². The molecule has 0 aliphatic rings. The summed E-state index contributed by atoms with van der Waals surface area (Å²) in [6.07, 6.45) is 5.70. The van der Waals surface area contributed by atoms with E-state index >= 15 is 0 Å². The quantitative estimate of drug-likeness (QED) is 0.259. The third kappa shape index (κ3) is 4.82. The largest absolute Gasteiger partial charge is 0.494 e. The van der Waals surface area contributed by atoms with Crippen LogP contribution in [-0.2, 0) is 0 Å². The van der Waals surface area contributed by atoms with Crippen LogP contribution in [0.4, 0.5) is 0 Å². The lowest BCUT2D eigenvalue weighted by Gasteiger charge is -2.10. The van der Waals surface area contributed by atoms with Crippen molar-refractivity contribution in [1.29, 1.82) is 0 Å². The molecule has 0 amide bonds. The van der Waals surface area contributed by atoms with E-state index in [0.717, 1.165) is 59.4 Å². The molecule has 2 aromatic carbocycles. The second-order valence-electron chi connectivity index (χ2n) is 6.84. The van der Waals surface area contributed by atoms with E-state index in [1.54, 1.807) is 21.6 Å². The van der Waals surface area contributed by atoms with Gasteiger partial charge in [0.2, 0.25) is 0 Å². The topological polar surface area (TPSA) is 44.2 Å². The van der Waals surface area contributed by atoms with Crippen LogP contribution >= 0.6 is 21.6 Å². The van der Waals surface area contributed by atoms with Crippen LogP contribution in [0.2, 0.25) is 0 Å². The van der Waals surface area contributed by atoms with Crippen LogP contribution in [0.5, 0.6) is 11.5 Å². The number of rotatable bonds is 9. The zero-order valence-electron chi connectivity index (χ0n) is 17.1. The van der Waals surface area contributed by atoms with Crippen LogP contribution in [0.25, 0.3) is 21.8 Å². The van der Waals surface area contributed by atoms with E-state index < -0.39 is 0 Å². The van der Waals surface area contributed by atoms with Gasteiger partial charge in [-0.3, -0.25) is 9.97 Å². The summed E-state index contributed by atoms with van der Waals surface area (Å²) in [5, 5.41) is 2.26. The molecule has 6 heteroatoms. The molecule has 0 atom stereocenters. The molecule has 0 bridgehead atoms. The zero-order chi connectivity index (χ0) is 20.8. The molecule has 0 saturated heterocycles. The van der Waals surface area contributed by atoms with E-state index in [9.17, 15) is 0 Å². The molecule has 0 spiro atoms. The lowest BCUT2D eigenvalue weighted by Crippen LogP contribution is -1.95. The molecule has 0 aliphatic carbocycles. The van der Waals surface area contributed by atoms with Crippen LogP contribution in [0.3, 0.4) is 0 Å². The molecule has 4 rings (SSSR count). The molecular weight excluding hydrogens is 412 g/mol. The van der Waals surface area contributed by atoms with Gasteiger partial charge in [-0.15, -0.1) is 0 Å². The third-order valence-electron chi connectivity index (χ3n) is 4.52. The average molecular weight is 437 g/mol. The smallest absolute Gasteiger partial charge is 0.121 e. The van der Waals surface area contributed by atoms with E-state index in [4.69, 9.17) is 9.47 Å². The Morgan fingerprint density at radius 2 is 1.13 bits per heavy atom. The van der Waals surface area contributed by atoms with Crippen molar-refractivity contribution < 1.29 is 9.47 Å². The molecule has 0 unspecified atom stereocenters. The van der Waals surface area contributed by atoms with Crippen molar-refractivity contribution >= 4 is 43.4 Å². The Hall–Kier alpha value is -2.44. The summed E-state index contributed by atoms with van der Waals surface area (Å²) in [4.78, 5) is 11.4. The second kappa shape index (κ2) is 10.0. The van der Waals surface area contributed by atoms with E-state index in [0.29, 0.717) is 0 Å². The van der Waals surface area contributed by atoms with E-state index in [1.807, 2.05) is 36.7 Å². The summed E-state index contributed by atoms with van der Waals surface area (Å²) in [6.45, 7) is 5.65. The third-order valence-corrected chi connectivity index (χ3v) is 7.00. The fraction of sp³-hybridized carbons (Fsp3) is 0.250. The summed E-state index contributed by atoms with van der Waals surface area (Å²) in [5.41, 5.74) is 1.90. The molecule has 0 aliphatic heterocycles. The SMILES string of the molecule is CCCOc1ccc2c(SSc3ccnc4cc(OCCC)ccc34)ccnc2c1. The van der Waals surface area contributed by atoms with Crippen molar-refractivity contribution in [3.63, 3.8) is 0 Å². The first kappa shape index (κ1) is 20.8. The molecule has 4 aromatic rings. The van der Waals surface area contributed by atoms with Crippen LogP contribution in [0.15, 0.2) is 70.7 Å². The van der Waals surface area contributed by atoms with E-state index in [1.165, 1.54) is 9.79 Å².